The molecular weight excluding hydrogens is 298 g/mol. The number of aromatic nitrogens is 2. The van der Waals surface area contributed by atoms with Gasteiger partial charge in [-0.25, -0.2) is 4.98 Å². The maximum atomic E-state index is 6.00. The topological polar surface area (TPSA) is 68.2 Å². The molecule has 0 unspecified atom stereocenters. The third kappa shape index (κ3) is 3.56. The summed E-state index contributed by atoms with van der Waals surface area (Å²) in [6.45, 7) is 5.51. The van der Waals surface area contributed by atoms with Crippen LogP contribution in [-0.4, -0.2) is 22.1 Å². The first-order valence-corrected chi connectivity index (χ1v) is 8.25. The number of aryl methyl sites for hydroxylation is 2. The maximum Gasteiger partial charge on any atom is 0.193 e. The molecule has 0 radical (unpaired) electrons. The molecule has 2 aromatic carbocycles. The number of aliphatic imine (C=N–C) groups is 1. The second-order valence-electron chi connectivity index (χ2n) is 5.75. The molecule has 5 heteroatoms. The summed E-state index contributed by atoms with van der Waals surface area (Å²) in [5.74, 6) is 1.43. The van der Waals surface area contributed by atoms with Crippen molar-refractivity contribution in [3.63, 3.8) is 0 Å². The Labute approximate surface area is 142 Å². The smallest absolute Gasteiger partial charge is 0.193 e. The highest BCUT2D eigenvalue weighted by Crippen LogP contribution is 2.15. The van der Waals surface area contributed by atoms with E-state index in [1.165, 1.54) is 5.56 Å². The molecule has 0 aliphatic rings. The zero-order valence-corrected chi connectivity index (χ0v) is 14.2. The predicted molar refractivity (Wildman–Crippen MR) is 100 cm³/mol. The van der Waals surface area contributed by atoms with Gasteiger partial charge in [-0.3, -0.25) is 4.99 Å². The summed E-state index contributed by atoms with van der Waals surface area (Å²) >= 11 is 0. The van der Waals surface area contributed by atoms with E-state index in [0.29, 0.717) is 12.5 Å². The molecule has 5 nitrogen and oxygen atoms in total. The van der Waals surface area contributed by atoms with Gasteiger partial charge in [0.05, 0.1) is 17.6 Å². The highest BCUT2D eigenvalue weighted by molar-refractivity contribution is 5.92. The Hall–Kier alpha value is -2.82. The van der Waals surface area contributed by atoms with E-state index in [-0.39, 0.29) is 0 Å². The first kappa shape index (κ1) is 16.1. The summed E-state index contributed by atoms with van der Waals surface area (Å²) in [6.07, 6.45) is 1.000. The molecule has 0 atom stereocenters. The summed E-state index contributed by atoms with van der Waals surface area (Å²) in [7, 11) is 0. The highest BCUT2D eigenvalue weighted by Gasteiger charge is 2.05. The number of nitrogens with two attached hydrogens (primary N) is 1. The zero-order chi connectivity index (χ0) is 16.9. The van der Waals surface area contributed by atoms with Gasteiger partial charge in [-0.05, 0) is 43.2 Å². The Morgan fingerprint density at radius 1 is 1.21 bits per heavy atom. The van der Waals surface area contributed by atoms with Gasteiger partial charge in [0.15, 0.2) is 5.96 Å². The van der Waals surface area contributed by atoms with Crippen molar-refractivity contribution >= 4 is 22.7 Å². The molecule has 24 heavy (non-hydrogen) atoms. The van der Waals surface area contributed by atoms with Crippen LogP contribution in [-0.2, 0) is 13.0 Å². The van der Waals surface area contributed by atoms with Crippen molar-refractivity contribution in [3.05, 3.63) is 59.9 Å². The minimum Gasteiger partial charge on any atom is -0.370 e. The van der Waals surface area contributed by atoms with Gasteiger partial charge in [0.25, 0.3) is 0 Å². The summed E-state index contributed by atoms with van der Waals surface area (Å²) in [4.78, 5) is 9.00. The van der Waals surface area contributed by atoms with Crippen LogP contribution < -0.4 is 11.1 Å². The number of anilines is 1. The van der Waals surface area contributed by atoms with E-state index in [9.17, 15) is 0 Å². The fourth-order valence-corrected chi connectivity index (χ4v) is 2.81. The number of hydrogen-bond donors (Lipinski definition) is 2. The van der Waals surface area contributed by atoms with Crippen molar-refractivity contribution in [2.45, 2.75) is 26.8 Å². The molecule has 0 aliphatic heterocycles. The Kier molecular flexibility index (Phi) is 4.79. The van der Waals surface area contributed by atoms with E-state index in [2.05, 4.69) is 45.0 Å². The molecule has 1 heterocycles. The van der Waals surface area contributed by atoms with Crippen LogP contribution in [0.15, 0.2) is 53.5 Å². The minimum absolute atomic E-state index is 0.435. The van der Waals surface area contributed by atoms with Crippen molar-refractivity contribution in [2.24, 2.45) is 10.7 Å². The summed E-state index contributed by atoms with van der Waals surface area (Å²) in [5, 5.41) is 3.15. The van der Waals surface area contributed by atoms with E-state index in [0.717, 1.165) is 35.5 Å². The number of para-hydroxylation sites is 2. The third-order valence-corrected chi connectivity index (χ3v) is 4.06. The van der Waals surface area contributed by atoms with Gasteiger partial charge >= 0.3 is 0 Å². The highest BCUT2D eigenvalue weighted by atomic mass is 15.1. The molecular formula is C19H23N5. The second kappa shape index (κ2) is 7.17. The number of nitrogens with one attached hydrogen (secondary N) is 1. The number of hydrogen-bond acceptors (Lipinski definition) is 2. The van der Waals surface area contributed by atoms with Crippen molar-refractivity contribution in [3.8, 4) is 0 Å². The molecule has 0 saturated heterocycles. The monoisotopic (exact) mass is 321 g/mol. The molecule has 0 amide bonds. The Bertz CT molecular complexity index is 863. The van der Waals surface area contributed by atoms with Crippen molar-refractivity contribution in [1.29, 1.82) is 0 Å². The molecule has 3 rings (SSSR count). The van der Waals surface area contributed by atoms with E-state index >= 15 is 0 Å². The lowest BCUT2D eigenvalue weighted by Gasteiger charge is -2.08. The average molecular weight is 321 g/mol. The molecule has 0 saturated carbocycles. The summed E-state index contributed by atoms with van der Waals surface area (Å²) in [6, 6.07) is 16.4. The van der Waals surface area contributed by atoms with E-state index < -0.39 is 0 Å². The molecule has 1 aromatic heterocycles. The fourth-order valence-electron chi connectivity index (χ4n) is 2.81. The van der Waals surface area contributed by atoms with Gasteiger partial charge in [0.1, 0.15) is 5.82 Å². The molecule has 0 bridgehead atoms. The van der Waals surface area contributed by atoms with Gasteiger partial charge in [-0.2, -0.15) is 0 Å². The van der Waals surface area contributed by atoms with Crippen LogP contribution in [0.4, 0.5) is 5.69 Å². The number of rotatable bonds is 5. The van der Waals surface area contributed by atoms with Crippen LogP contribution in [0.1, 0.15) is 18.3 Å². The molecule has 3 N–H and O–H groups in total. The van der Waals surface area contributed by atoms with Crippen LogP contribution in [0, 0.1) is 6.92 Å². The van der Waals surface area contributed by atoms with Gasteiger partial charge in [0.2, 0.25) is 0 Å². The minimum atomic E-state index is 0.435. The molecule has 124 valence electrons. The standard InChI is InChI=1S/C19H23N5/c1-3-15-7-6-8-16(13-15)23-19(20)21-11-12-24-14(2)22-17-9-4-5-10-18(17)24/h4-10,13H,3,11-12H2,1-2H3,(H3,20,21,23). The molecule has 0 aliphatic carbocycles. The van der Waals surface area contributed by atoms with Crippen LogP contribution in [0.25, 0.3) is 11.0 Å². The lowest BCUT2D eigenvalue weighted by molar-refractivity contribution is 0.704. The predicted octanol–water partition coefficient (Wildman–Crippen LogP) is 3.33. The van der Waals surface area contributed by atoms with E-state index in [1.54, 1.807) is 0 Å². The fraction of sp³-hybridized carbons (Fsp3) is 0.263. The van der Waals surface area contributed by atoms with Crippen LogP contribution in [0.5, 0.6) is 0 Å². The number of fused-ring (bicyclic) bond motifs is 1. The Morgan fingerprint density at radius 3 is 2.88 bits per heavy atom. The molecule has 0 fully saturated rings. The lowest BCUT2D eigenvalue weighted by atomic mass is 10.1. The summed E-state index contributed by atoms with van der Waals surface area (Å²) < 4.78 is 2.17. The molecule has 3 aromatic rings. The van der Waals surface area contributed by atoms with Crippen LogP contribution in [0.2, 0.25) is 0 Å². The quantitative estimate of drug-likeness (QED) is 0.559. The van der Waals surface area contributed by atoms with Gasteiger partial charge < -0.3 is 15.6 Å². The van der Waals surface area contributed by atoms with Crippen molar-refractivity contribution < 1.29 is 0 Å². The number of imidazole rings is 1. The zero-order valence-electron chi connectivity index (χ0n) is 14.2. The number of nitrogens with zero attached hydrogens (tertiary/aromatic N) is 3. The average Bonchev–Trinajstić information content (AvgIpc) is 2.91. The summed E-state index contributed by atoms with van der Waals surface area (Å²) in [5.41, 5.74) is 10.4. The number of benzene rings is 2. The largest absolute Gasteiger partial charge is 0.370 e. The second-order valence-corrected chi connectivity index (χ2v) is 5.75. The Morgan fingerprint density at radius 2 is 2.04 bits per heavy atom. The SMILES string of the molecule is CCc1cccc(NC(N)=NCCn2c(C)nc3ccccc32)c1. The third-order valence-electron chi connectivity index (χ3n) is 4.06. The lowest BCUT2D eigenvalue weighted by Crippen LogP contribution is -2.23. The van der Waals surface area contributed by atoms with Crippen LogP contribution >= 0.6 is 0 Å². The van der Waals surface area contributed by atoms with Gasteiger partial charge in [-0.15, -0.1) is 0 Å². The normalized spacial score (nSPS) is 11.8. The van der Waals surface area contributed by atoms with Crippen LogP contribution in [0.3, 0.4) is 0 Å². The maximum absolute atomic E-state index is 6.00. The van der Waals surface area contributed by atoms with Crippen molar-refractivity contribution in [1.82, 2.24) is 9.55 Å². The first-order chi connectivity index (χ1) is 11.7. The van der Waals surface area contributed by atoms with E-state index in [1.807, 2.05) is 37.3 Å². The van der Waals surface area contributed by atoms with Crippen molar-refractivity contribution in [2.75, 3.05) is 11.9 Å². The molecule has 0 spiro atoms. The van der Waals surface area contributed by atoms with Gasteiger partial charge in [-0.1, -0.05) is 31.2 Å². The van der Waals surface area contributed by atoms with Gasteiger partial charge in [0, 0.05) is 12.2 Å². The first-order valence-electron chi connectivity index (χ1n) is 8.25. The number of guanidine groups is 1. The van der Waals surface area contributed by atoms with E-state index in [4.69, 9.17) is 5.73 Å². The Balaban J connectivity index is 1.65.